The van der Waals surface area contributed by atoms with Crippen LogP contribution in [0.25, 0.3) is 11.3 Å². The molecular formula is C14H16FN5O. The van der Waals surface area contributed by atoms with Gasteiger partial charge in [-0.3, -0.25) is 4.79 Å². The Morgan fingerprint density at radius 2 is 2.19 bits per heavy atom. The van der Waals surface area contributed by atoms with Gasteiger partial charge in [0.2, 0.25) is 0 Å². The van der Waals surface area contributed by atoms with Gasteiger partial charge >= 0.3 is 0 Å². The molecule has 7 heteroatoms. The first-order valence-electron chi connectivity index (χ1n) is 6.32. The SMILES string of the molecule is CNc1ccc(-c2cnc(N)c(C(=O)NCF)n2)c(C)c1. The number of aryl methyl sites for hydroxylation is 1. The Labute approximate surface area is 121 Å². The largest absolute Gasteiger partial charge is 0.388 e. The maximum absolute atomic E-state index is 12.2. The van der Waals surface area contributed by atoms with Gasteiger partial charge in [-0.15, -0.1) is 0 Å². The van der Waals surface area contributed by atoms with E-state index >= 15 is 0 Å². The van der Waals surface area contributed by atoms with Gasteiger partial charge in [0.1, 0.15) is 0 Å². The molecule has 1 aromatic heterocycles. The minimum absolute atomic E-state index is 0.0331. The third-order valence-electron chi connectivity index (χ3n) is 3.03. The molecule has 1 heterocycles. The Kier molecular flexibility index (Phi) is 4.32. The van der Waals surface area contributed by atoms with E-state index in [-0.39, 0.29) is 11.5 Å². The highest BCUT2D eigenvalue weighted by Gasteiger charge is 2.15. The molecule has 0 unspecified atom stereocenters. The molecule has 2 aromatic rings. The van der Waals surface area contributed by atoms with Gasteiger partial charge in [0.05, 0.1) is 11.9 Å². The fourth-order valence-corrected chi connectivity index (χ4v) is 1.95. The highest BCUT2D eigenvalue weighted by atomic mass is 19.1. The van der Waals surface area contributed by atoms with Crippen LogP contribution in [0.2, 0.25) is 0 Å². The van der Waals surface area contributed by atoms with Crippen LogP contribution in [0, 0.1) is 6.92 Å². The second kappa shape index (κ2) is 6.17. The fourth-order valence-electron chi connectivity index (χ4n) is 1.95. The summed E-state index contributed by atoms with van der Waals surface area (Å²) in [5.41, 5.74) is 8.81. The van der Waals surface area contributed by atoms with E-state index in [9.17, 15) is 9.18 Å². The van der Waals surface area contributed by atoms with Crippen LogP contribution in [0.4, 0.5) is 15.9 Å². The van der Waals surface area contributed by atoms with Crippen molar-refractivity contribution in [2.45, 2.75) is 6.92 Å². The zero-order valence-electron chi connectivity index (χ0n) is 11.8. The molecule has 0 saturated heterocycles. The van der Waals surface area contributed by atoms with Gasteiger partial charge in [-0.05, 0) is 24.6 Å². The molecule has 0 radical (unpaired) electrons. The van der Waals surface area contributed by atoms with Crippen LogP contribution in [0.15, 0.2) is 24.4 Å². The first-order chi connectivity index (χ1) is 10.1. The van der Waals surface area contributed by atoms with Crippen molar-refractivity contribution >= 4 is 17.4 Å². The number of benzene rings is 1. The fraction of sp³-hybridized carbons (Fsp3) is 0.214. The Balaban J connectivity index is 2.45. The van der Waals surface area contributed by atoms with Gasteiger partial charge in [-0.25, -0.2) is 14.4 Å². The van der Waals surface area contributed by atoms with E-state index < -0.39 is 12.7 Å². The van der Waals surface area contributed by atoms with Gasteiger partial charge < -0.3 is 16.4 Å². The lowest BCUT2D eigenvalue weighted by Gasteiger charge is -2.10. The summed E-state index contributed by atoms with van der Waals surface area (Å²) in [6.45, 7) is 0.940. The molecule has 0 saturated carbocycles. The van der Waals surface area contributed by atoms with Gasteiger partial charge in [0.25, 0.3) is 5.91 Å². The van der Waals surface area contributed by atoms with Crippen LogP contribution in [0.5, 0.6) is 0 Å². The lowest BCUT2D eigenvalue weighted by molar-refractivity contribution is 0.0933. The molecule has 0 fully saturated rings. The van der Waals surface area contributed by atoms with E-state index in [4.69, 9.17) is 5.73 Å². The average Bonchev–Trinajstić information content (AvgIpc) is 2.48. The standard InChI is InChI=1S/C14H16FN5O/c1-8-5-9(17-2)3-4-10(8)11-6-18-13(16)12(20-11)14(21)19-7-15/h3-6,17H,7H2,1-2H3,(H2,16,18)(H,19,21). The number of amides is 1. The monoisotopic (exact) mass is 289 g/mol. The molecule has 0 atom stereocenters. The van der Waals surface area contributed by atoms with Gasteiger partial charge in [-0.1, -0.05) is 6.07 Å². The zero-order chi connectivity index (χ0) is 15.4. The van der Waals surface area contributed by atoms with Crippen molar-refractivity contribution in [3.63, 3.8) is 0 Å². The molecule has 1 aromatic carbocycles. The summed E-state index contributed by atoms with van der Waals surface area (Å²) in [4.78, 5) is 19.8. The van der Waals surface area contributed by atoms with Crippen molar-refractivity contribution in [1.29, 1.82) is 0 Å². The Hall–Kier alpha value is -2.70. The van der Waals surface area contributed by atoms with Crippen molar-refractivity contribution < 1.29 is 9.18 Å². The number of anilines is 2. The summed E-state index contributed by atoms with van der Waals surface area (Å²) in [6, 6.07) is 5.72. The molecule has 21 heavy (non-hydrogen) atoms. The lowest BCUT2D eigenvalue weighted by Crippen LogP contribution is -2.25. The molecule has 0 aliphatic carbocycles. The van der Waals surface area contributed by atoms with Crippen LogP contribution < -0.4 is 16.4 Å². The number of hydrogen-bond donors (Lipinski definition) is 3. The number of carbonyl (C=O) groups excluding carboxylic acids is 1. The molecule has 0 bridgehead atoms. The van der Waals surface area contributed by atoms with Crippen molar-refractivity contribution in [3.05, 3.63) is 35.7 Å². The molecule has 0 spiro atoms. The van der Waals surface area contributed by atoms with E-state index in [0.717, 1.165) is 16.8 Å². The topological polar surface area (TPSA) is 92.9 Å². The molecule has 6 nitrogen and oxygen atoms in total. The van der Waals surface area contributed by atoms with E-state index in [2.05, 4.69) is 15.3 Å². The molecular weight excluding hydrogens is 273 g/mol. The minimum atomic E-state index is -0.986. The quantitative estimate of drug-likeness (QED) is 0.745. The van der Waals surface area contributed by atoms with Crippen LogP contribution in [-0.4, -0.2) is 29.7 Å². The predicted molar refractivity (Wildman–Crippen MR) is 79.6 cm³/mol. The highest BCUT2D eigenvalue weighted by Crippen LogP contribution is 2.25. The van der Waals surface area contributed by atoms with Crippen LogP contribution >= 0.6 is 0 Å². The zero-order valence-corrected chi connectivity index (χ0v) is 11.8. The van der Waals surface area contributed by atoms with E-state index in [1.807, 2.05) is 37.5 Å². The van der Waals surface area contributed by atoms with Gasteiger partial charge in [0, 0.05) is 18.3 Å². The molecule has 2 rings (SSSR count). The van der Waals surface area contributed by atoms with E-state index in [1.165, 1.54) is 6.20 Å². The number of alkyl halides is 1. The first-order valence-corrected chi connectivity index (χ1v) is 6.32. The highest BCUT2D eigenvalue weighted by molar-refractivity contribution is 5.96. The Morgan fingerprint density at radius 1 is 1.43 bits per heavy atom. The first kappa shape index (κ1) is 14.7. The third kappa shape index (κ3) is 3.07. The number of nitrogens with two attached hydrogens (primary N) is 1. The maximum Gasteiger partial charge on any atom is 0.275 e. The van der Waals surface area contributed by atoms with Crippen molar-refractivity contribution in [2.75, 3.05) is 24.9 Å². The summed E-state index contributed by atoms with van der Waals surface area (Å²) in [5.74, 6) is -0.719. The molecule has 4 N–H and O–H groups in total. The number of aromatic nitrogens is 2. The molecule has 0 aliphatic heterocycles. The normalized spacial score (nSPS) is 10.2. The number of halogens is 1. The summed E-state index contributed by atoms with van der Waals surface area (Å²) in [5, 5.41) is 5.06. The Bertz CT molecular complexity index is 674. The van der Waals surface area contributed by atoms with Crippen molar-refractivity contribution in [1.82, 2.24) is 15.3 Å². The lowest BCUT2D eigenvalue weighted by atomic mass is 10.1. The van der Waals surface area contributed by atoms with E-state index in [0.29, 0.717) is 5.69 Å². The minimum Gasteiger partial charge on any atom is -0.388 e. The molecule has 0 aliphatic rings. The maximum atomic E-state index is 12.2. The molecule has 1 amide bonds. The van der Waals surface area contributed by atoms with Crippen molar-refractivity contribution in [3.8, 4) is 11.3 Å². The Morgan fingerprint density at radius 3 is 2.81 bits per heavy atom. The number of nitrogens with zero attached hydrogens (tertiary/aromatic N) is 2. The van der Waals surface area contributed by atoms with Gasteiger partial charge in [-0.2, -0.15) is 0 Å². The predicted octanol–water partition coefficient (Wildman–Crippen LogP) is 1.73. The number of hydrogen-bond acceptors (Lipinski definition) is 5. The summed E-state index contributed by atoms with van der Waals surface area (Å²) in [6.07, 6.45) is 1.49. The third-order valence-corrected chi connectivity index (χ3v) is 3.03. The number of rotatable bonds is 4. The second-order valence-electron chi connectivity index (χ2n) is 4.41. The van der Waals surface area contributed by atoms with Crippen molar-refractivity contribution in [2.24, 2.45) is 0 Å². The summed E-state index contributed by atoms with van der Waals surface area (Å²) < 4.78 is 12.2. The summed E-state index contributed by atoms with van der Waals surface area (Å²) in [7, 11) is 1.83. The molecule has 110 valence electrons. The van der Waals surface area contributed by atoms with E-state index in [1.54, 1.807) is 0 Å². The average molecular weight is 289 g/mol. The number of nitrogens with one attached hydrogen (secondary N) is 2. The summed E-state index contributed by atoms with van der Waals surface area (Å²) >= 11 is 0. The van der Waals surface area contributed by atoms with Crippen LogP contribution in [0.3, 0.4) is 0 Å². The van der Waals surface area contributed by atoms with Crippen LogP contribution in [0.1, 0.15) is 16.1 Å². The van der Waals surface area contributed by atoms with Crippen LogP contribution in [-0.2, 0) is 0 Å². The smallest absolute Gasteiger partial charge is 0.275 e. The number of nitrogen functional groups attached to an aromatic ring is 1. The second-order valence-corrected chi connectivity index (χ2v) is 4.41. The number of carbonyl (C=O) groups is 1. The van der Waals surface area contributed by atoms with Gasteiger partial charge in [0.15, 0.2) is 18.3 Å².